The molecule has 4 heteroatoms. The molecule has 0 spiro atoms. The summed E-state index contributed by atoms with van der Waals surface area (Å²) in [7, 11) is 0. The summed E-state index contributed by atoms with van der Waals surface area (Å²) >= 11 is 0. The fourth-order valence-corrected chi connectivity index (χ4v) is 4.75. The van der Waals surface area contributed by atoms with E-state index < -0.39 is 0 Å². The third kappa shape index (κ3) is 3.82. The van der Waals surface area contributed by atoms with Crippen LogP contribution in [0, 0.1) is 0 Å². The van der Waals surface area contributed by atoms with Gasteiger partial charge in [0.2, 0.25) is 0 Å². The first-order valence-corrected chi connectivity index (χ1v) is 10.6. The van der Waals surface area contributed by atoms with Gasteiger partial charge in [-0.05, 0) is 79.3 Å². The first kappa shape index (κ1) is 20.1. The first-order chi connectivity index (χ1) is 14.4. The minimum atomic E-state index is -0.206. The summed E-state index contributed by atoms with van der Waals surface area (Å²) in [4.78, 5) is 15.0. The Balaban J connectivity index is 1.50. The lowest BCUT2D eigenvalue weighted by atomic mass is 9.79. The molecule has 3 aromatic rings. The Morgan fingerprint density at radius 3 is 2.67 bits per heavy atom. The molecular weight excluding hydrogens is 370 g/mol. The van der Waals surface area contributed by atoms with Crippen LogP contribution in [0.3, 0.4) is 0 Å². The minimum absolute atomic E-state index is 0.157. The molecule has 154 valence electrons. The standard InChI is InChI=1S/C26H29N3O/c1-5-29-24-13-10-19(14-23(24)18(2)16-26(29,3)4)17-27-28-25(30)22-12-11-20-8-6-7-9-21(20)15-22/h6-15,17-18H,5,16H2,1-4H3,(H,28,30)/b27-17-/t18-/m0/s1. The number of hydrazone groups is 1. The summed E-state index contributed by atoms with van der Waals surface area (Å²) < 4.78 is 0. The number of amides is 1. The van der Waals surface area contributed by atoms with Crippen LogP contribution in [-0.4, -0.2) is 24.2 Å². The van der Waals surface area contributed by atoms with E-state index in [-0.39, 0.29) is 11.4 Å². The number of nitrogens with one attached hydrogen (secondary N) is 1. The van der Waals surface area contributed by atoms with Crippen molar-refractivity contribution in [1.82, 2.24) is 5.43 Å². The monoisotopic (exact) mass is 399 g/mol. The van der Waals surface area contributed by atoms with Crippen LogP contribution in [0.15, 0.2) is 65.8 Å². The lowest BCUT2D eigenvalue weighted by molar-refractivity contribution is 0.0955. The van der Waals surface area contributed by atoms with Crippen molar-refractivity contribution in [1.29, 1.82) is 0 Å². The maximum absolute atomic E-state index is 12.5. The molecule has 0 bridgehead atoms. The van der Waals surface area contributed by atoms with Gasteiger partial charge in [0.05, 0.1) is 6.21 Å². The van der Waals surface area contributed by atoms with E-state index >= 15 is 0 Å². The Labute approximate surface area is 178 Å². The predicted octanol–water partition coefficient (Wildman–Crippen LogP) is 5.72. The van der Waals surface area contributed by atoms with Gasteiger partial charge in [0.1, 0.15) is 0 Å². The van der Waals surface area contributed by atoms with Gasteiger partial charge in [-0.25, -0.2) is 5.43 Å². The summed E-state index contributed by atoms with van der Waals surface area (Å²) in [5, 5.41) is 6.36. The van der Waals surface area contributed by atoms with Gasteiger partial charge in [0, 0.05) is 23.3 Å². The Kier molecular flexibility index (Phi) is 5.33. The molecule has 1 amide bonds. The normalized spacial score (nSPS) is 17.9. The molecule has 30 heavy (non-hydrogen) atoms. The van der Waals surface area contributed by atoms with Crippen molar-refractivity contribution in [2.75, 3.05) is 11.4 Å². The van der Waals surface area contributed by atoms with Crippen molar-refractivity contribution in [3.05, 3.63) is 77.4 Å². The molecule has 4 nitrogen and oxygen atoms in total. The molecule has 0 radical (unpaired) electrons. The summed E-state index contributed by atoms with van der Waals surface area (Å²) in [6.07, 6.45) is 2.84. The number of benzene rings is 3. The molecule has 1 heterocycles. The summed E-state index contributed by atoms with van der Waals surface area (Å²) in [6.45, 7) is 10.1. The smallest absolute Gasteiger partial charge is 0.271 e. The van der Waals surface area contributed by atoms with E-state index in [0.717, 1.165) is 29.3 Å². The van der Waals surface area contributed by atoms with Crippen LogP contribution in [0.25, 0.3) is 10.8 Å². The third-order valence-electron chi connectivity index (χ3n) is 6.12. The van der Waals surface area contributed by atoms with Gasteiger partial charge in [0.25, 0.3) is 5.91 Å². The molecule has 0 saturated heterocycles. The molecule has 0 aromatic heterocycles. The minimum Gasteiger partial charge on any atom is -0.366 e. The van der Waals surface area contributed by atoms with E-state index in [4.69, 9.17) is 0 Å². The van der Waals surface area contributed by atoms with Crippen molar-refractivity contribution in [3.8, 4) is 0 Å². The predicted molar refractivity (Wildman–Crippen MR) is 126 cm³/mol. The summed E-state index contributed by atoms with van der Waals surface area (Å²) in [5.74, 6) is 0.278. The fourth-order valence-electron chi connectivity index (χ4n) is 4.75. The molecule has 0 aliphatic carbocycles. The van der Waals surface area contributed by atoms with Crippen molar-refractivity contribution in [2.24, 2.45) is 5.10 Å². The number of anilines is 1. The highest BCUT2D eigenvalue weighted by Gasteiger charge is 2.35. The van der Waals surface area contributed by atoms with E-state index in [1.807, 2.05) is 42.5 Å². The average molecular weight is 400 g/mol. The van der Waals surface area contributed by atoms with Gasteiger partial charge in [-0.1, -0.05) is 43.3 Å². The number of nitrogens with zero attached hydrogens (tertiary/aromatic N) is 2. The quantitative estimate of drug-likeness (QED) is 0.451. The lowest BCUT2D eigenvalue weighted by Crippen LogP contribution is -2.48. The van der Waals surface area contributed by atoms with Crippen LogP contribution in [0.2, 0.25) is 0 Å². The van der Waals surface area contributed by atoms with Crippen LogP contribution in [0.1, 0.15) is 61.5 Å². The van der Waals surface area contributed by atoms with E-state index in [1.165, 1.54) is 11.3 Å². The van der Waals surface area contributed by atoms with Gasteiger partial charge >= 0.3 is 0 Å². The molecule has 1 atom stereocenters. The maximum Gasteiger partial charge on any atom is 0.271 e. The van der Waals surface area contributed by atoms with Crippen LogP contribution in [0.4, 0.5) is 5.69 Å². The van der Waals surface area contributed by atoms with E-state index in [1.54, 1.807) is 6.21 Å². The Morgan fingerprint density at radius 1 is 1.13 bits per heavy atom. The molecule has 1 aliphatic rings. The number of fused-ring (bicyclic) bond motifs is 2. The van der Waals surface area contributed by atoms with E-state index in [2.05, 4.69) is 61.3 Å². The van der Waals surface area contributed by atoms with Gasteiger partial charge in [-0.15, -0.1) is 0 Å². The zero-order chi connectivity index (χ0) is 21.3. The van der Waals surface area contributed by atoms with Crippen LogP contribution >= 0.6 is 0 Å². The van der Waals surface area contributed by atoms with Crippen molar-refractivity contribution in [3.63, 3.8) is 0 Å². The van der Waals surface area contributed by atoms with Gasteiger partial charge in [-0.3, -0.25) is 4.79 Å². The Bertz CT molecular complexity index is 1120. The second-order valence-electron chi connectivity index (χ2n) is 8.74. The van der Waals surface area contributed by atoms with Gasteiger partial charge < -0.3 is 4.90 Å². The fraction of sp³-hybridized carbons (Fsp3) is 0.308. The van der Waals surface area contributed by atoms with Crippen LogP contribution in [0.5, 0.6) is 0 Å². The second kappa shape index (κ2) is 7.94. The maximum atomic E-state index is 12.5. The third-order valence-corrected chi connectivity index (χ3v) is 6.12. The van der Waals surface area contributed by atoms with Gasteiger partial charge in [-0.2, -0.15) is 5.10 Å². The molecule has 0 saturated carbocycles. The number of hydrogen-bond acceptors (Lipinski definition) is 3. The van der Waals surface area contributed by atoms with E-state index in [0.29, 0.717) is 11.5 Å². The molecule has 0 fully saturated rings. The highest BCUT2D eigenvalue weighted by atomic mass is 16.2. The van der Waals surface area contributed by atoms with Crippen LogP contribution in [-0.2, 0) is 0 Å². The van der Waals surface area contributed by atoms with Crippen LogP contribution < -0.4 is 10.3 Å². The molecule has 0 unspecified atom stereocenters. The summed E-state index contributed by atoms with van der Waals surface area (Å²) in [6, 6.07) is 20.1. The summed E-state index contributed by atoms with van der Waals surface area (Å²) in [5.41, 5.74) is 7.06. The average Bonchev–Trinajstić information content (AvgIpc) is 2.73. The van der Waals surface area contributed by atoms with Crippen molar-refractivity contribution in [2.45, 2.75) is 45.6 Å². The number of rotatable bonds is 4. The zero-order valence-corrected chi connectivity index (χ0v) is 18.1. The molecule has 3 aromatic carbocycles. The number of carbonyl (C=O) groups excluding carboxylic acids is 1. The molecule has 4 rings (SSSR count). The zero-order valence-electron chi connectivity index (χ0n) is 18.1. The van der Waals surface area contributed by atoms with E-state index in [9.17, 15) is 4.79 Å². The molecule has 1 N–H and O–H groups in total. The highest BCUT2D eigenvalue weighted by Crippen LogP contribution is 2.43. The SMILES string of the molecule is CCN1c2ccc(/C=N\NC(=O)c3ccc4ccccc4c3)cc2[C@@H](C)CC1(C)C. The molecule has 1 aliphatic heterocycles. The lowest BCUT2D eigenvalue weighted by Gasteiger charge is -2.47. The van der Waals surface area contributed by atoms with Gasteiger partial charge in [0.15, 0.2) is 0 Å². The number of carbonyl (C=O) groups is 1. The van der Waals surface area contributed by atoms with Crippen molar-refractivity contribution >= 4 is 28.6 Å². The Morgan fingerprint density at radius 2 is 1.90 bits per heavy atom. The highest BCUT2D eigenvalue weighted by molar-refractivity contribution is 5.99. The Hall–Kier alpha value is -3.14. The van der Waals surface area contributed by atoms with Crippen molar-refractivity contribution < 1.29 is 4.79 Å². The topological polar surface area (TPSA) is 44.7 Å². The largest absolute Gasteiger partial charge is 0.366 e. The second-order valence-corrected chi connectivity index (χ2v) is 8.74. The first-order valence-electron chi connectivity index (χ1n) is 10.6. The molecular formula is C26H29N3O. The number of hydrogen-bond donors (Lipinski definition) is 1.